The zero-order valence-electron chi connectivity index (χ0n) is 8.64. The number of carbonyl (C=O) groups excluding carboxylic acids is 1. The molecule has 1 nitrogen and oxygen atoms in total. The molecular formula is C12H8BrF3O. The van der Waals surface area contributed by atoms with Crippen LogP contribution < -0.4 is 0 Å². The summed E-state index contributed by atoms with van der Waals surface area (Å²) >= 11 is 3.15. The zero-order chi connectivity index (χ0) is 12.9. The summed E-state index contributed by atoms with van der Waals surface area (Å²) in [4.78, 5) is 10.7. The van der Waals surface area contributed by atoms with Crippen molar-refractivity contribution in [2.75, 3.05) is 5.33 Å². The second-order valence-corrected chi connectivity index (χ2v) is 3.95. The van der Waals surface area contributed by atoms with Crippen LogP contribution in [0.15, 0.2) is 18.2 Å². The summed E-state index contributed by atoms with van der Waals surface area (Å²) in [6.45, 7) is 0. The maximum absolute atomic E-state index is 12.4. The lowest BCUT2D eigenvalue weighted by atomic mass is 10.0. The summed E-state index contributed by atoms with van der Waals surface area (Å²) in [7, 11) is 0. The van der Waals surface area contributed by atoms with Gasteiger partial charge in [-0.3, -0.25) is 4.79 Å². The van der Waals surface area contributed by atoms with Gasteiger partial charge in [0, 0.05) is 22.9 Å². The minimum absolute atomic E-state index is 0.107. The minimum atomic E-state index is -4.42. The Morgan fingerprint density at radius 2 is 2.06 bits per heavy atom. The molecule has 0 fully saturated rings. The van der Waals surface area contributed by atoms with Gasteiger partial charge >= 0.3 is 6.18 Å². The second-order valence-electron chi connectivity index (χ2n) is 3.16. The predicted octanol–water partition coefficient (Wildman–Crippen LogP) is 3.65. The first kappa shape index (κ1) is 13.8. The minimum Gasteiger partial charge on any atom is -0.298 e. The average molecular weight is 305 g/mol. The van der Waals surface area contributed by atoms with E-state index in [1.807, 2.05) is 0 Å². The van der Waals surface area contributed by atoms with E-state index in [1.165, 1.54) is 0 Å². The molecule has 0 aromatic heterocycles. The number of hydrogen-bond acceptors (Lipinski definition) is 1. The highest BCUT2D eigenvalue weighted by Crippen LogP contribution is 2.30. The molecule has 0 saturated heterocycles. The van der Waals surface area contributed by atoms with Gasteiger partial charge in [-0.15, -0.1) is 0 Å². The van der Waals surface area contributed by atoms with Crippen molar-refractivity contribution in [3.05, 3.63) is 34.9 Å². The fourth-order valence-electron chi connectivity index (χ4n) is 1.15. The summed E-state index contributed by atoms with van der Waals surface area (Å²) in [5.41, 5.74) is -0.526. The van der Waals surface area contributed by atoms with Crippen molar-refractivity contribution < 1.29 is 18.0 Å². The molecule has 0 bridgehead atoms. The van der Waals surface area contributed by atoms with Gasteiger partial charge in [0.15, 0.2) is 6.29 Å². The lowest BCUT2D eigenvalue weighted by Gasteiger charge is -2.07. The average Bonchev–Trinajstić information content (AvgIpc) is 2.28. The van der Waals surface area contributed by atoms with Gasteiger partial charge < -0.3 is 0 Å². The van der Waals surface area contributed by atoms with Crippen molar-refractivity contribution in [1.82, 2.24) is 0 Å². The smallest absolute Gasteiger partial charge is 0.298 e. The fourth-order valence-corrected chi connectivity index (χ4v) is 1.35. The third kappa shape index (κ3) is 3.90. The Labute approximate surface area is 105 Å². The zero-order valence-corrected chi connectivity index (χ0v) is 10.2. The van der Waals surface area contributed by atoms with Crippen LogP contribution >= 0.6 is 15.9 Å². The van der Waals surface area contributed by atoms with Crippen LogP contribution in [0, 0.1) is 11.8 Å². The number of carbonyl (C=O) groups is 1. The van der Waals surface area contributed by atoms with E-state index in [0.29, 0.717) is 18.0 Å². The van der Waals surface area contributed by atoms with Crippen LogP contribution in [0.2, 0.25) is 0 Å². The lowest BCUT2D eigenvalue weighted by Crippen LogP contribution is -2.05. The van der Waals surface area contributed by atoms with Gasteiger partial charge in [0.2, 0.25) is 0 Å². The molecule has 0 N–H and O–H groups in total. The number of rotatable bonds is 2. The Morgan fingerprint density at radius 1 is 1.35 bits per heavy atom. The van der Waals surface area contributed by atoms with Gasteiger partial charge in [0.05, 0.1) is 5.56 Å². The Morgan fingerprint density at radius 3 is 2.59 bits per heavy atom. The van der Waals surface area contributed by atoms with E-state index in [1.54, 1.807) is 0 Å². The molecule has 0 radical (unpaired) electrons. The molecule has 0 atom stereocenters. The third-order valence-corrected chi connectivity index (χ3v) is 2.35. The Bertz CT molecular complexity index is 469. The molecule has 1 rings (SSSR count). The summed E-state index contributed by atoms with van der Waals surface area (Å²) in [6, 6.07) is 2.90. The molecule has 0 heterocycles. The SMILES string of the molecule is O=Cc1ccc(C(F)(F)F)cc1C#CCCBr. The van der Waals surface area contributed by atoms with Gasteiger partial charge in [-0.1, -0.05) is 27.8 Å². The second kappa shape index (κ2) is 5.87. The topological polar surface area (TPSA) is 17.1 Å². The Kier molecular flexibility index (Phi) is 4.76. The first-order valence-corrected chi connectivity index (χ1v) is 5.82. The number of benzene rings is 1. The van der Waals surface area contributed by atoms with Gasteiger partial charge in [-0.2, -0.15) is 13.2 Å². The maximum Gasteiger partial charge on any atom is 0.416 e. The van der Waals surface area contributed by atoms with E-state index < -0.39 is 11.7 Å². The molecule has 5 heteroatoms. The molecule has 0 aliphatic heterocycles. The van der Waals surface area contributed by atoms with Crippen LogP contribution in [-0.2, 0) is 6.18 Å². The van der Waals surface area contributed by atoms with Crippen molar-refractivity contribution in [1.29, 1.82) is 0 Å². The van der Waals surface area contributed by atoms with Crippen molar-refractivity contribution in [3.8, 4) is 11.8 Å². The molecule has 17 heavy (non-hydrogen) atoms. The van der Waals surface area contributed by atoms with Crippen LogP contribution in [0.4, 0.5) is 13.2 Å². The van der Waals surface area contributed by atoms with Crippen LogP contribution in [-0.4, -0.2) is 11.6 Å². The van der Waals surface area contributed by atoms with E-state index in [0.717, 1.165) is 18.2 Å². The number of alkyl halides is 4. The molecule has 1 aromatic rings. The number of halogens is 4. The standard InChI is InChI=1S/C12H8BrF3O/c13-6-2-1-3-9-7-11(12(14,15)16)5-4-10(9)8-17/h4-5,7-8H,2,6H2. The van der Waals surface area contributed by atoms with Crippen LogP contribution in [0.1, 0.15) is 27.9 Å². The Balaban J connectivity index is 3.17. The fraction of sp³-hybridized carbons (Fsp3) is 0.250. The molecule has 0 saturated carbocycles. The molecule has 0 aliphatic rings. The number of hydrogen-bond donors (Lipinski definition) is 0. The van der Waals surface area contributed by atoms with E-state index in [9.17, 15) is 18.0 Å². The molecule has 1 aromatic carbocycles. The van der Waals surface area contributed by atoms with Gasteiger partial charge in [0.25, 0.3) is 0 Å². The molecule has 0 aliphatic carbocycles. The number of aldehydes is 1. The highest BCUT2D eigenvalue weighted by molar-refractivity contribution is 9.09. The summed E-state index contributed by atoms with van der Waals surface area (Å²) in [5, 5.41) is 0.634. The maximum atomic E-state index is 12.4. The summed E-state index contributed by atoms with van der Waals surface area (Å²) in [5.74, 6) is 5.25. The van der Waals surface area contributed by atoms with Crippen molar-refractivity contribution in [3.63, 3.8) is 0 Å². The molecule has 0 spiro atoms. The highest BCUT2D eigenvalue weighted by atomic mass is 79.9. The monoisotopic (exact) mass is 304 g/mol. The van der Waals surface area contributed by atoms with Crippen molar-refractivity contribution >= 4 is 22.2 Å². The third-order valence-electron chi connectivity index (χ3n) is 1.95. The highest BCUT2D eigenvalue weighted by Gasteiger charge is 2.30. The predicted molar refractivity (Wildman–Crippen MR) is 62.1 cm³/mol. The van der Waals surface area contributed by atoms with E-state index >= 15 is 0 Å². The van der Waals surface area contributed by atoms with Crippen LogP contribution in [0.3, 0.4) is 0 Å². The molecule has 90 valence electrons. The van der Waals surface area contributed by atoms with Gasteiger partial charge in [-0.25, -0.2) is 0 Å². The quantitative estimate of drug-likeness (QED) is 0.463. The summed E-state index contributed by atoms with van der Waals surface area (Å²) < 4.78 is 37.3. The van der Waals surface area contributed by atoms with E-state index in [-0.39, 0.29) is 11.1 Å². The largest absolute Gasteiger partial charge is 0.416 e. The molecular weight excluding hydrogens is 297 g/mol. The molecule has 0 unspecified atom stereocenters. The van der Waals surface area contributed by atoms with Crippen LogP contribution in [0.5, 0.6) is 0 Å². The van der Waals surface area contributed by atoms with Crippen LogP contribution in [0.25, 0.3) is 0 Å². The summed E-state index contributed by atoms with van der Waals surface area (Å²) in [6.07, 6.45) is -3.42. The molecule has 0 amide bonds. The van der Waals surface area contributed by atoms with E-state index in [2.05, 4.69) is 27.8 Å². The van der Waals surface area contributed by atoms with Gasteiger partial charge in [-0.05, 0) is 18.2 Å². The first-order chi connectivity index (χ1) is 7.99. The normalized spacial score (nSPS) is 10.6. The van der Waals surface area contributed by atoms with Crippen molar-refractivity contribution in [2.24, 2.45) is 0 Å². The van der Waals surface area contributed by atoms with E-state index in [4.69, 9.17) is 0 Å². The first-order valence-electron chi connectivity index (χ1n) is 4.70. The lowest BCUT2D eigenvalue weighted by molar-refractivity contribution is -0.137. The Hall–Kier alpha value is -1.28. The van der Waals surface area contributed by atoms with Gasteiger partial charge in [0.1, 0.15) is 0 Å². The van der Waals surface area contributed by atoms with Crippen molar-refractivity contribution in [2.45, 2.75) is 12.6 Å².